The van der Waals surface area contributed by atoms with E-state index in [9.17, 15) is 4.79 Å². The topological polar surface area (TPSA) is 70.9 Å². The molecule has 1 amide bonds. The Morgan fingerprint density at radius 1 is 1.30 bits per heavy atom. The Hall–Kier alpha value is -2.56. The number of benzene rings is 1. The third-order valence-corrected chi connectivity index (χ3v) is 3.25. The summed E-state index contributed by atoms with van der Waals surface area (Å²) in [7, 11) is 0. The minimum atomic E-state index is 0.0123. The molecule has 0 aliphatic carbocycles. The molecule has 0 bridgehead atoms. The fraction of sp³-hybridized carbons (Fsp3) is 0.200. The van der Waals surface area contributed by atoms with Crippen LogP contribution in [0.5, 0.6) is 0 Å². The molecule has 3 rings (SSSR count). The van der Waals surface area contributed by atoms with Crippen molar-refractivity contribution >= 4 is 16.8 Å². The molecule has 0 unspecified atom stereocenters. The molecule has 0 fully saturated rings. The second-order valence-corrected chi connectivity index (χ2v) is 4.63. The standard InChI is InChI=1S/C15H15N3O2/c19-15(17-10-12-7-8-20-18-12)6-5-11-9-16-14-4-2-1-3-13(11)14/h1-4,7-9,16H,5-6,10H2,(H,17,19). The first kappa shape index (κ1) is 12.5. The number of hydrogen-bond acceptors (Lipinski definition) is 3. The van der Waals surface area contributed by atoms with E-state index in [0.717, 1.165) is 16.8 Å². The van der Waals surface area contributed by atoms with E-state index in [-0.39, 0.29) is 5.91 Å². The van der Waals surface area contributed by atoms with Gasteiger partial charge in [0.1, 0.15) is 12.0 Å². The van der Waals surface area contributed by atoms with Crippen molar-refractivity contribution in [2.45, 2.75) is 19.4 Å². The summed E-state index contributed by atoms with van der Waals surface area (Å²) in [6.45, 7) is 0.406. The van der Waals surface area contributed by atoms with E-state index < -0.39 is 0 Å². The Morgan fingerprint density at radius 3 is 3.05 bits per heavy atom. The number of carbonyl (C=O) groups is 1. The van der Waals surface area contributed by atoms with Crippen molar-refractivity contribution in [2.75, 3.05) is 0 Å². The molecule has 0 spiro atoms. The van der Waals surface area contributed by atoms with Crippen LogP contribution >= 0.6 is 0 Å². The van der Waals surface area contributed by atoms with Crippen LogP contribution in [0.2, 0.25) is 0 Å². The molecule has 0 aliphatic rings. The van der Waals surface area contributed by atoms with E-state index in [1.165, 1.54) is 11.6 Å². The van der Waals surface area contributed by atoms with Gasteiger partial charge in [-0.1, -0.05) is 23.4 Å². The van der Waals surface area contributed by atoms with Crippen molar-refractivity contribution < 1.29 is 9.32 Å². The zero-order chi connectivity index (χ0) is 13.8. The van der Waals surface area contributed by atoms with Gasteiger partial charge in [0.05, 0.1) is 6.54 Å². The Morgan fingerprint density at radius 2 is 2.20 bits per heavy atom. The first-order valence-corrected chi connectivity index (χ1v) is 6.54. The van der Waals surface area contributed by atoms with Gasteiger partial charge in [-0.15, -0.1) is 0 Å². The van der Waals surface area contributed by atoms with Gasteiger partial charge in [0.25, 0.3) is 0 Å². The average molecular weight is 269 g/mol. The SMILES string of the molecule is O=C(CCc1c[nH]c2ccccc12)NCc1ccon1. The van der Waals surface area contributed by atoms with Crippen LogP contribution in [0, 0.1) is 0 Å². The number of H-pyrrole nitrogens is 1. The van der Waals surface area contributed by atoms with Gasteiger partial charge in [0.2, 0.25) is 5.91 Å². The third-order valence-electron chi connectivity index (χ3n) is 3.25. The molecular formula is C15H15N3O2. The van der Waals surface area contributed by atoms with Crippen LogP contribution in [0.3, 0.4) is 0 Å². The summed E-state index contributed by atoms with van der Waals surface area (Å²) >= 11 is 0. The number of aromatic amines is 1. The molecule has 2 N–H and O–H groups in total. The summed E-state index contributed by atoms with van der Waals surface area (Å²) in [5.41, 5.74) is 2.99. The monoisotopic (exact) mass is 269 g/mol. The number of aryl methyl sites for hydroxylation is 1. The Balaban J connectivity index is 1.55. The number of nitrogens with one attached hydrogen (secondary N) is 2. The molecule has 0 saturated carbocycles. The molecule has 5 nitrogen and oxygen atoms in total. The Bertz CT molecular complexity index is 701. The number of hydrogen-bond donors (Lipinski definition) is 2. The van der Waals surface area contributed by atoms with E-state index >= 15 is 0 Å². The van der Waals surface area contributed by atoms with Crippen molar-refractivity contribution in [1.29, 1.82) is 0 Å². The lowest BCUT2D eigenvalue weighted by molar-refractivity contribution is -0.121. The quantitative estimate of drug-likeness (QED) is 0.747. The number of carbonyl (C=O) groups excluding carboxylic acids is 1. The number of nitrogens with zero attached hydrogens (tertiary/aromatic N) is 1. The van der Waals surface area contributed by atoms with Gasteiger partial charge in [0, 0.05) is 29.6 Å². The highest BCUT2D eigenvalue weighted by Crippen LogP contribution is 2.18. The Kier molecular flexibility index (Phi) is 3.50. The molecule has 5 heteroatoms. The number of aromatic nitrogens is 2. The highest BCUT2D eigenvalue weighted by atomic mass is 16.5. The normalized spacial score (nSPS) is 10.8. The van der Waals surface area contributed by atoms with Gasteiger partial charge in [-0.05, 0) is 18.1 Å². The van der Waals surface area contributed by atoms with E-state index in [1.54, 1.807) is 6.07 Å². The number of rotatable bonds is 5. The van der Waals surface area contributed by atoms with Crippen molar-refractivity contribution in [3.05, 3.63) is 54.0 Å². The number of amides is 1. The smallest absolute Gasteiger partial charge is 0.220 e. The molecule has 0 atom stereocenters. The first-order chi connectivity index (χ1) is 9.83. The molecule has 2 heterocycles. The maximum atomic E-state index is 11.8. The van der Waals surface area contributed by atoms with Gasteiger partial charge in [-0.3, -0.25) is 4.79 Å². The summed E-state index contributed by atoms with van der Waals surface area (Å²) in [6, 6.07) is 9.83. The van der Waals surface area contributed by atoms with Gasteiger partial charge < -0.3 is 14.8 Å². The van der Waals surface area contributed by atoms with E-state index in [0.29, 0.717) is 19.4 Å². The largest absolute Gasteiger partial charge is 0.364 e. The molecule has 3 aromatic rings. The van der Waals surface area contributed by atoms with E-state index in [4.69, 9.17) is 4.52 Å². The Labute approximate surface area is 116 Å². The van der Waals surface area contributed by atoms with Gasteiger partial charge >= 0.3 is 0 Å². The lowest BCUT2D eigenvalue weighted by atomic mass is 10.1. The molecule has 20 heavy (non-hydrogen) atoms. The van der Waals surface area contributed by atoms with Crippen molar-refractivity contribution in [3.63, 3.8) is 0 Å². The molecule has 0 radical (unpaired) electrons. The van der Waals surface area contributed by atoms with Crippen LogP contribution in [0.15, 0.2) is 47.3 Å². The second kappa shape index (κ2) is 5.61. The zero-order valence-corrected chi connectivity index (χ0v) is 10.9. The lowest BCUT2D eigenvalue weighted by Gasteiger charge is -2.02. The molecule has 1 aromatic carbocycles. The van der Waals surface area contributed by atoms with Gasteiger partial charge in [-0.25, -0.2) is 0 Å². The third kappa shape index (κ3) is 2.71. The maximum Gasteiger partial charge on any atom is 0.220 e. The van der Waals surface area contributed by atoms with Crippen molar-refractivity contribution in [1.82, 2.24) is 15.5 Å². The van der Waals surface area contributed by atoms with Crippen molar-refractivity contribution in [2.24, 2.45) is 0 Å². The van der Waals surface area contributed by atoms with Crippen LogP contribution < -0.4 is 5.32 Å². The summed E-state index contributed by atoms with van der Waals surface area (Å²) in [5, 5.41) is 7.75. The molecule has 2 aromatic heterocycles. The van der Waals surface area contributed by atoms with Crippen LogP contribution in [-0.4, -0.2) is 16.0 Å². The first-order valence-electron chi connectivity index (χ1n) is 6.54. The van der Waals surface area contributed by atoms with Crippen LogP contribution in [-0.2, 0) is 17.8 Å². The summed E-state index contributed by atoms with van der Waals surface area (Å²) in [5.74, 6) is 0.0123. The number of fused-ring (bicyclic) bond motifs is 1. The summed E-state index contributed by atoms with van der Waals surface area (Å²) in [4.78, 5) is 15.0. The maximum absolute atomic E-state index is 11.8. The second-order valence-electron chi connectivity index (χ2n) is 4.63. The van der Waals surface area contributed by atoms with Crippen molar-refractivity contribution in [3.8, 4) is 0 Å². The fourth-order valence-electron chi connectivity index (χ4n) is 2.19. The summed E-state index contributed by atoms with van der Waals surface area (Å²) in [6.07, 6.45) is 4.64. The highest BCUT2D eigenvalue weighted by Gasteiger charge is 2.07. The average Bonchev–Trinajstić information content (AvgIpc) is 3.12. The predicted octanol–water partition coefficient (Wildman–Crippen LogP) is 2.40. The zero-order valence-electron chi connectivity index (χ0n) is 10.9. The van der Waals surface area contributed by atoms with E-state index in [1.807, 2.05) is 24.4 Å². The molecule has 0 saturated heterocycles. The van der Waals surface area contributed by atoms with Gasteiger partial charge in [-0.2, -0.15) is 0 Å². The predicted molar refractivity (Wildman–Crippen MR) is 75.0 cm³/mol. The summed E-state index contributed by atoms with van der Waals surface area (Å²) < 4.78 is 4.71. The van der Waals surface area contributed by atoms with Crippen LogP contribution in [0.4, 0.5) is 0 Å². The fourth-order valence-corrected chi connectivity index (χ4v) is 2.19. The minimum absolute atomic E-state index is 0.0123. The molecule has 102 valence electrons. The van der Waals surface area contributed by atoms with Crippen LogP contribution in [0.1, 0.15) is 17.7 Å². The molecule has 0 aliphatic heterocycles. The minimum Gasteiger partial charge on any atom is -0.364 e. The van der Waals surface area contributed by atoms with Crippen LogP contribution in [0.25, 0.3) is 10.9 Å². The highest BCUT2D eigenvalue weighted by molar-refractivity contribution is 5.84. The van der Waals surface area contributed by atoms with E-state index in [2.05, 4.69) is 21.5 Å². The molecular weight excluding hydrogens is 254 g/mol. The van der Waals surface area contributed by atoms with Gasteiger partial charge in [0.15, 0.2) is 0 Å². The number of para-hydroxylation sites is 1. The lowest BCUT2D eigenvalue weighted by Crippen LogP contribution is -2.23.